The van der Waals surface area contributed by atoms with Crippen LogP contribution < -0.4 is 14.8 Å². The molecule has 2 aliphatic heterocycles. The van der Waals surface area contributed by atoms with Gasteiger partial charge < -0.3 is 19.5 Å². The summed E-state index contributed by atoms with van der Waals surface area (Å²) in [6.07, 6.45) is 7.19. The van der Waals surface area contributed by atoms with Crippen molar-refractivity contribution in [3.8, 4) is 22.6 Å². The number of tetrazole rings is 1. The highest BCUT2D eigenvalue weighted by Gasteiger charge is 2.30. The number of anilines is 2. The van der Waals surface area contributed by atoms with E-state index in [4.69, 9.17) is 25.8 Å². The molecule has 11 nitrogen and oxygen atoms in total. The van der Waals surface area contributed by atoms with E-state index in [9.17, 15) is 0 Å². The van der Waals surface area contributed by atoms with Crippen molar-refractivity contribution in [2.75, 3.05) is 38.7 Å². The van der Waals surface area contributed by atoms with Crippen LogP contribution in [0.2, 0.25) is 5.02 Å². The maximum atomic E-state index is 6.41. The molecule has 1 N–H and O–H groups in total. The van der Waals surface area contributed by atoms with Crippen molar-refractivity contribution in [2.24, 2.45) is 0 Å². The highest BCUT2D eigenvalue weighted by molar-refractivity contribution is 6.32. The van der Waals surface area contributed by atoms with Gasteiger partial charge in [-0.25, -0.2) is 14.6 Å². The molecule has 41 heavy (non-hydrogen) atoms. The Kier molecular flexibility index (Phi) is 8.26. The highest BCUT2D eigenvalue weighted by Crippen LogP contribution is 2.36. The average Bonchev–Trinajstić information content (AvgIpc) is 3.47. The zero-order valence-electron chi connectivity index (χ0n) is 23.1. The summed E-state index contributed by atoms with van der Waals surface area (Å²) in [4.78, 5) is 11.7. The molecule has 214 valence electrons. The predicted octanol–water partition coefficient (Wildman–Crippen LogP) is 4.58. The number of methoxy groups -OCH3 is 1. The molecular formula is C29H33ClN8O3. The van der Waals surface area contributed by atoms with Crippen molar-refractivity contribution < 1.29 is 14.2 Å². The van der Waals surface area contributed by atoms with Gasteiger partial charge in [0.1, 0.15) is 23.9 Å². The van der Waals surface area contributed by atoms with Gasteiger partial charge in [0.15, 0.2) is 0 Å². The van der Waals surface area contributed by atoms with Crippen LogP contribution in [0.5, 0.6) is 11.5 Å². The Morgan fingerprint density at radius 2 is 1.85 bits per heavy atom. The molecule has 0 amide bonds. The van der Waals surface area contributed by atoms with Crippen molar-refractivity contribution in [3.63, 3.8) is 0 Å². The van der Waals surface area contributed by atoms with Gasteiger partial charge in [-0.05, 0) is 84.6 Å². The molecule has 12 heteroatoms. The lowest BCUT2D eigenvalue weighted by Gasteiger charge is -2.41. The normalized spacial score (nSPS) is 17.1. The molecule has 2 aliphatic rings. The van der Waals surface area contributed by atoms with Gasteiger partial charge in [0.05, 0.1) is 43.6 Å². The molecule has 2 fully saturated rings. The van der Waals surface area contributed by atoms with E-state index >= 15 is 0 Å². The Bertz CT molecular complexity index is 1440. The molecule has 0 spiro atoms. The van der Waals surface area contributed by atoms with Crippen LogP contribution in [0.25, 0.3) is 11.1 Å². The maximum Gasteiger partial charge on any atom is 0.227 e. The van der Waals surface area contributed by atoms with E-state index in [2.05, 4.69) is 53.9 Å². The van der Waals surface area contributed by atoms with Crippen molar-refractivity contribution >= 4 is 23.2 Å². The molecule has 2 saturated heterocycles. The quantitative estimate of drug-likeness (QED) is 0.288. The molecule has 1 atom stereocenters. The van der Waals surface area contributed by atoms with Crippen molar-refractivity contribution in [2.45, 2.75) is 44.4 Å². The van der Waals surface area contributed by atoms with Crippen LogP contribution in [-0.4, -0.2) is 80.6 Å². The van der Waals surface area contributed by atoms with Crippen LogP contribution in [0.4, 0.5) is 11.6 Å². The molecule has 6 rings (SSSR count). The molecule has 4 heterocycles. The van der Waals surface area contributed by atoms with Crippen LogP contribution in [0, 0.1) is 0 Å². The predicted molar refractivity (Wildman–Crippen MR) is 155 cm³/mol. The summed E-state index contributed by atoms with van der Waals surface area (Å²) in [5.74, 6) is 2.36. The molecule has 0 aliphatic carbocycles. The third kappa shape index (κ3) is 6.42. The number of aromatic nitrogens is 6. The van der Waals surface area contributed by atoms with E-state index in [1.54, 1.807) is 36.6 Å². The minimum Gasteiger partial charge on any atom is -0.495 e. The van der Waals surface area contributed by atoms with E-state index in [1.807, 2.05) is 19.1 Å². The largest absolute Gasteiger partial charge is 0.495 e. The Morgan fingerprint density at radius 3 is 2.54 bits per heavy atom. The van der Waals surface area contributed by atoms with Crippen molar-refractivity contribution in [1.82, 2.24) is 35.1 Å². The number of hydrogen-bond donors (Lipinski definition) is 1. The third-order valence-corrected chi connectivity index (χ3v) is 8.00. The molecule has 2 aromatic carbocycles. The zero-order valence-corrected chi connectivity index (χ0v) is 23.9. The van der Waals surface area contributed by atoms with Gasteiger partial charge in [0.25, 0.3) is 0 Å². The Labute approximate surface area is 243 Å². The highest BCUT2D eigenvalue weighted by atomic mass is 35.5. The molecule has 4 aromatic rings. The third-order valence-electron chi connectivity index (χ3n) is 7.69. The topological polar surface area (TPSA) is 112 Å². The summed E-state index contributed by atoms with van der Waals surface area (Å²) in [6, 6.07) is 12.6. The second kappa shape index (κ2) is 12.4. The van der Waals surface area contributed by atoms with E-state index < -0.39 is 0 Å². The fraction of sp³-hybridized carbons (Fsp3) is 0.414. The lowest BCUT2D eigenvalue weighted by Crippen LogP contribution is -2.51. The van der Waals surface area contributed by atoms with Gasteiger partial charge in [0.2, 0.25) is 5.95 Å². The monoisotopic (exact) mass is 576 g/mol. The summed E-state index contributed by atoms with van der Waals surface area (Å²) in [5.41, 5.74) is 3.86. The number of halogens is 1. The summed E-state index contributed by atoms with van der Waals surface area (Å²) in [7, 11) is 1.69. The first-order valence-corrected chi connectivity index (χ1v) is 14.2. The van der Waals surface area contributed by atoms with Crippen molar-refractivity contribution in [3.05, 3.63) is 65.7 Å². The first-order chi connectivity index (χ1) is 20.1. The minimum atomic E-state index is -0.189. The van der Waals surface area contributed by atoms with Crippen molar-refractivity contribution in [1.29, 1.82) is 0 Å². The molecule has 0 saturated carbocycles. The molecule has 0 unspecified atom stereocenters. The van der Waals surface area contributed by atoms with Gasteiger partial charge in [-0.2, -0.15) is 0 Å². The molecular weight excluding hydrogens is 544 g/mol. The number of nitrogens with one attached hydrogen (secondary N) is 1. The number of nitrogens with zero attached hydrogens (tertiary/aromatic N) is 7. The first-order valence-electron chi connectivity index (χ1n) is 13.8. The zero-order chi connectivity index (χ0) is 28.2. The molecule has 0 radical (unpaired) electrons. The summed E-state index contributed by atoms with van der Waals surface area (Å²) in [6.45, 7) is 6.41. The fourth-order valence-corrected chi connectivity index (χ4v) is 5.48. The summed E-state index contributed by atoms with van der Waals surface area (Å²) in [5, 5.41) is 15.0. The summed E-state index contributed by atoms with van der Waals surface area (Å²) >= 11 is 6.41. The number of hydrogen-bond acceptors (Lipinski definition) is 10. The average molecular weight is 577 g/mol. The molecule has 2 aromatic heterocycles. The van der Waals surface area contributed by atoms with E-state index in [1.165, 1.54) is 5.56 Å². The van der Waals surface area contributed by atoms with E-state index in [0.717, 1.165) is 61.7 Å². The lowest BCUT2D eigenvalue weighted by molar-refractivity contribution is -0.0712. The number of likely N-dealkylation sites (tertiary alicyclic amines) is 1. The van der Waals surface area contributed by atoms with Gasteiger partial charge in [-0.15, -0.1) is 5.10 Å². The van der Waals surface area contributed by atoms with Gasteiger partial charge >= 0.3 is 0 Å². The van der Waals surface area contributed by atoms with Gasteiger partial charge in [0, 0.05) is 18.0 Å². The van der Waals surface area contributed by atoms with Gasteiger partial charge in [-0.1, -0.05) is 23.7 Å². The number of ether oxygens (including phenoxy) is 3. The number of piperidine rings is 1. The maximum absolute atomic E-state index is 6.41. The van der Waals surface area contributed by atoms with Gasteiger partial charge in [-0.3, -0.25) is 4.90 Å². The summed E-state index contributed by atoms with van der Waals surface area (Å²) < 4.78 is 18.8. The second-order valence-corrected chi connectivity index (χ2v) is 10.9. The minimum absolute atomic E-state index is 0.189. The lowest BCUT2D eigenvalue weighted by atomic mass is 9.88. The van der Waals surface area contributed by atoms with Crippen LogP contribution in [0.3, 0.4) is 0 Å². The smallest absolute Gasteiger partial charge is 0.227 e. The fourth-order valence-electron chi connectivity index (χ4n) is 5.31. The second-order valence-electron chi connectivity index (χ2n) is 10.5. The van der Waals surface area contributed by atoms with Crippen LogP contribution in [0.1, 0.15) is 31.2 Å². The Balaban J connectivity index is 1.10. The Hall–Kier alpha value is -3.80. The number of rotatable bonds is 10. The first kappa shape index (κ1) is 27.4. The SMILES string of the molecule is COc1cc(C2CCN(C3COC3)CC2)ccc1Nc1ncc(-c2ccc(Cl)c(O[C@@H](C)Cn3cnnn3)c2)cn1. The van der Waals surface area contributed by atoms with E-state index in [0.29, 0.717) is 35.2 Å². The molecule has 0 bridgehead atoms. The van der Waals surface area contributed by atoms with Crippen LogP contribution >= 0.6 is 11.6 Å². The number of benzene rings is 2. The Morgan fingerprint density at radius 1 is 1.05 bits per heavy atom. The van der Waals surface area contributed by atoms with E-state index in [-0.39, 0.29) is 6.10 Å². The van der Waals surface area contributed by atoms with Crippen LogP contribution in [-0.2, 0) is 11.3 Å². The standard InChI is InChI=1S/C29H33ClN8O3/c1-19(15-38-18-33-35-36-38)41-27-11-22(3-5-25(27)30)23-13-31-29(32-14-23)34-26-6-4-21(12-28(26)39-2)20-7-9-37(10-8-20)24-16-40-17-24/h3-6,11-14,18-20,24H,7-10,15-17H2,1-2H3,(H,31,32,34)/t19-/m0/s1. The van der Waals surface area contributed by atoms with Crippen LogP contribution in [0.15, 0.2) is 55.1 Å².